The fraction of sp³-hybridized carbons (Fsp3) is 0.0698. The van der Waals surface area contributed by atoms with Gasteiger partial charge in [-0.1, -0.05) is 115 Å². The average molecular weight is 611 g/mol. The van der Waals surface area contributed by atoms with Gasteiger partial charge < -0.3 is 9.84 Å². The lowest BCUT2D eigenvalue weighted by Crippen LogP contribution is -2.00. The van der Waals surface area contributed by atoms with Crippen LogP contribution in [0.25, 0.3) is 11.1 Å². The molecule has 228 valence electrons. The summed E-state index contributed by atoms with van der Waals surface area (Å²) in [5.41, 5.74) is 10.1. The number of aliphatic hydroxyl groups is 1. The first-order valence-corrected chi connectivity index (χ1v) is 15.5. The van der Waals surface area contributed by atoms with E-state index < -0.39 is 0 Å². The minimum atomic E-state index is -0.0996. The lowest BCUT2D eigenvalue weighted by Gasteiger charge is -2.15. The summed E-state index contributed by atoms with van der Waals surface area (Å²) in [4.78, 5) is 9.35. The van der Waals surface area contributed by atoms with Gasteiger partial charge in [0.15, 0.2) is 0 Å². The highest BCUT2D eigenvalue weighted by Crippen LogP contribution is 2.32. The van der Waals surface area contributed by atoms with E-state index in [2.05, 4.69) is 58.1 Å². The van der Waals surface area contributed by atoms with Crippen molar-refractivity contribution in [1.29, 1.82) is 0 Å². The van der Waals surface area contributed by atoms with Crippen LogP contribution in [0.3, 0.4) is 0 Å². The highest BCUT2D eigenvalue weighted by Gasteiger charge is 2.15. The number of aliphatic imine (C=N–C) groups is 2. The summed E-state index contributed by atoms with van der Waals surface area (Å²) in [7, 11) is 1.68. The van der Waals surface area contributed by atoms with Crippen LogP contribution in [0, 0.1) is 0 Å². The first-order chi connectivity index (χ1) is 23.2. The standard InChI is InChI=1S/C43H34N2O2/c1-47-43-25-23-33(28-40(43)42(35-16-8-3-9-17-35)30-45-38-20-12-5-13-21-38)26-32-22-24-36(31-46)39(27-32)41(34-14-6-2-7-15-34)29-44-37-18-10-4-11-19-37/h2-25,27-28,46H,26,31H2,1H3. The quantitative estimate of drug-likeness (QED) is 0.157. The third-order valence-corrected chi connectivity index (χ3v) is 7.79. The molecule has 0 aliphatic rings. The molecule has 1 N–H and O–H groups in total. The molecule has 0 aliphatic carbocycles. The van der Waals surface area contributed by atoms with Gasteiger partial charge in [-0.3, -0.25) is 0 Å². The smallest absolute Gasteiger partial charge is 0.127 e. The van der Waals surface area contributed by atoms with Gasteiger partial charge in [0.05, 0.1) is 36.2 Å². The second-order valence-electron chi connectivity index (χ2n) is 11.0. The predicted octanol–water partition coefficient (Wildman–Crippen LogP) is 9.64. The van der Waals surface area contributed by atoms with Crippen molar-refractivity contribution < 1.29 is 9.84 Å². The van der Waals surface area contributed by atoms with Gasteiger partial charge in [0.2, 0.25) is 0 Å². The Morgan fingerprint density at radius 1 is 0.553 bits per heavy atom. The van der Waals surface area contributed by atoms with E-state index in [1.165, 1.54) is 0 Å². The number of ether oxygens (including phenoxy) is 1. The van der Waals surface area contributed by atoms with Crippen molar-refractivity contribution in [3.8, 4) is 5.75 Å². The van der Waals surface area contributed by atoms with E-state index in [1.54, 1.807) is 7.11 Å². The van der Waals surface area contributed by atoms with Crippen LogP contribution in [0.2, 0.25) is 0 Å². The second kappa shape index (κ2) is 15.3. The molecule has 0 fully saturated rings. The highest BCUT2D eigenvalue weighted by molar-refractivity contribution is 6.01. The van der Waals surface area contributed by atoms with Gasteiger partial charge in [-0.15, -0.1) is 0 Å². The number of methoxy groups -OCH3 is 1. The molecule has 4 heteroatoms. The zero-order valence-corrected chi connectivity index (χ0v) is 26.2. The fourth-order valence-electron chi connectivity index (χ4n) is 5.42. The molecule has 0 unspecified atom stereocenters. The Morgan fingerprint density at radius 3 is 1.49 bits per heavy atom. The van der Waals surface area contributed by atoms with E-state index in [1.807, 2.05) is 121 Å². The molecule has 0 heterocycles. The molecule has 47 heavy (non-hydrogen) atoms. The van der Waals surface area contributed by atoms with Gasteiger partial charge in [0.1, 0.15) is 5.75 Å². The molecular weight excluding hydrogens is 576 g/mol. The van der Waals surface area contributed by atoms with Gasteiger partial charge in [-0.2, -0.15) is 0 Å². The molecule has 0 radical (unpaired) electrons. The maximum absolute atomic E-state index is 10.4. The molecule has 6 rings (SSSR count). The highest BCUT2D eigenvalue weighted by atomic mass is 16.5. The SMILES string of the molecule is COc1ccc(Cc2ccc(CO)c(C(=C=Nc3ccccc3)c3ccccc3)c2)cc1C(=C=Nc1ccccc1)c1ccccc1. The summed E-state index contributed by atoms with van der Waals surface area (Å²) in [6.45, 7) is -0.0996. The lowest BCUT2D eigenvalue weighted by molar-refractivity contribution is 0.281. The molecule has 6 aromatic rings. The molecule has 0 spiro atoms. The zero-order chi connectivity index (χ0) is 32.3. The van der Waals surface area contributed by atoms with Crippen LogP contribution in [-0.4, -0.2) is 24.0 Å². The van der Waals surface area contributed by atoms with Crippen LogP contribution < -0.4 is 4.74 Å². The zero-order valence-electron chi connectivity index (χ0n) is 26.2. The number of rotatable bonds is 10. The Labute approximate surface area is 276 Å². The van der Waals surface area contributed by atoms with Gasteiger partial charge in [-0.25, -0.2) is 9.98 Å². The van der Waals surface area contributed by atoms with E-state index in [0.717, 1.165) is 67.2 Å². The third kappa shape index (κ3) is 7.80. The number of hydrogen-bond donors (Lipinski definition) is 1. The Kier molecular flexibility index (Phi) is 10.1. The summed E-state index contributed by atoms with van der Waals surface area (Å²) in [5, 5.41) is 10.4. The molecule has 6 aromatic carbocycles. The monoisotopic (exact) mass is 610 g/mol. The maximum atomic E-state index is 10.4. The minimum Gasteiger partial charge on any atom is -0.496 e. The Hall–Kier alpha value is -6.02. The van der Waals surface area contributed by atoms with Crippen molar-refractivity contribution in [1.82, 2.24) is 0 Å². The van der Waals surface area contributed by atoms with Crippen LogP contribution in [0.4, 0.5) is 11.4 Å². The molecule has 0 saturated heterocycles. The fourth-order valence-corrected chi connectivity index (χ4v) is 5.42. The molecule has 0 atom stereocenters. The first kappa shape index (κ1) is 31.0. The summed E-state index contributed by atoms with van der Waals surface area (Å²) in [6, 6.07) is 52.2. The van der Waals surface area contributed by atoms with Crippen molar-refractivity contribution in [2.24, 2.45) is 9.98 Å². The van der Waals surface area contributed by atoms with Crippen molar-refractivity contribution in [3.05, 3.63) is 197 Å². The van der Waals surface area contributed by atoms with Crippen molar-refractivity contribution >= 4 is 34.3 Å². The Bertz CT molecular complexity index is 1920. The topological polar surface area (TPSA) is 54.2 Å². The lowest BCUT2D eigenvalue weighted by atomic mass is 9.91. The molecule has 0 amide bonds. The Balaban J connectivity index is 1.43. The molecule has 0 aromatic heterocycles. The van der Waals surface area contributed by atoms with Gasteiger partial charge in [0, 0.05) is 5.56 Å². The van der Waals surface area contributed by atoms with Gasteiger partial charge in [0.25, 0.3) is 0 Å². The normalized spacial score (nSPS) is 10.3. The second-order valence-corrected chi connectivity index (χ2v) is 11.0. The minimum absolute atomic E-state index is 0.0996. The summed E-state index contributed by atoms with van der Waals surface area (Å²) in [6.07, 6.45) is 0.658. The van der Waals surface area contributed by atoms with Crippen LogP contribution in [0.5, 0.6) is 5.75 Å². The summed E-state index contributed by atoms with van der Waals surface area (Å²) >= 11 is 0. The van der Waals surface area contributed by atoms with Crippen LogP contribution in [0.15, 0.2) is 168 Å². The van der Waals surface area contributed by atoms with Crippen molar-refractivity contribution in [3.63, 3.8) is 0 Å². The van der Waals surface area contributed by atoms with Crippen LogP contribution in [-0.2, 0) is 13.0 Å². The molecule has 4 nitrogen and oxygen atoms in total. The number of benzene rings is 6. The van der Waals surface area contributed by atoms with Crippen LogP contribution >= 0.6 is 0 Å². The van der Waals surface area contributed by atoms with E-state index in [4.69, 9.17) is 4.74 Å². The van der Waals surface area contributed by atoms with E-state index >= 15 is 0 Å². The summed E-state index contributed by atoms with van der Waals surface area (Å²) in [5.74, 6) is 7.38. The van der Waals surface area contributed by atoms with Crippen LogP contribution in [0.1, 0.15) is 38.9 Å². The predicted molar refractivity (Wildman–Crippen MR) is 193 cm³/mol. The average Bonchev–Trinajstić information content (AvgIpc) is 3.14. The number of hydrogen-bond acceptors (Lipinski definition) is 4. The summed E-state index contributed by atoms with van der Waals surface area (Å²) < 4.78 is 5.85. The van der Waals surface area contributed by atoms with E-state index in [9.17, 15) is 5.11 Å². The van der Waals surface area contributed by atoms with Gasteiger partial charge in [-0.05, 0) is 94.0 Å². The first-order valence-electron chi connectivity index (χ1n) is 15.5. The molecule has 0 bridgehead atoms. The molecule has 0 aliphatic heterocycles. The number of para-hydroxylation sites is 2. The van der Waals surface area contributed by atoms with Crippen molar-refractivity contribution in [2.45, 2.75) is 13.0 Å². The largest absolute Gasteiger partial charge is 0.496 e. The number of aliphatic hydroxyl groups excluding tert-OH is 1. The van der Waals surface area contributed by atoms with Crippen molar-refractivity contribution in [2.75, 3.05) is 7.11 Å². The maximum Gasteiger partial charge on any atom is 0.127 e. The Morgan fingerprint density at radius 2 is 1.00 bits per heavy atom. The molecular formula is C43H34N2O2. The van der Waals surface area contributed by atoms with Gasteiger partial charge >= 0.3 is 0 Å². The molecule has 0 saturated carbocycles. The van der Waals surface area contributed by atoms with E-state index in [0.29, 0.717) is 6.42 Å². The third-order valence-electron chi connectivity index (χ3n) is 7.79. The van der Waals surface area contributed by atoms with E-state index in [-0.39, 0.29) is 6.61 Å². The number of nitrogens with zero attached hydrogens (tertiary/aromatic N) is 2.